The third-order valence-corrected chi connectivity index (χ3v) is 5.31. The number of rotatable bonds is 10. The van der Waals surface area contributed by atoms with Crippen LogP contribution < -0.4 is 20.1 Å². The lowest BCUT2D eigenvalue weighted by Crippen LogP contribution is -2.36. The Morgan fingerprint density at radius 3 is 2.22 bits per heavy atom. The van der Waals surface area contributed by atoms with Crippen LogP contribution in [0.3, 0.4) is 0 Å². The number of hydrogen-bond acceptors (Lipinski definition) is 5. The molecule has 1 aromatic heterocycles. The van der Waals surface area contributed by atoms with Gasteiger partial charge in [0.1, 0.15) is 11.5 Å². The molecule has 0 radical (unpaired) electrons. The number of nitrogens with one attached hydrogen (secondary N) is 2. The van der Waals surface area contributed by atoms with Crippen molar-refractivity contribution >= 4 is 11.8 Å². The van der Waals surface area contributed by atoms with Crippen LogP contribution in [0, 0.1) is 0 Å². The van der Waals surface area contributed by atoms with Gasteiger partial charge in [-0.3, -0.25) is 9.59 Å². The van der Waals surface area contributed by atoms with Gasteiger partial charge in [-0.05, 0) is 66.1 Å². The zero-order valence-electron chi connectivity index (χ0n) is 19.9. The maximum Gasteiger partial charge on any atom is 0.251 e. The molecule has 182 valence electrons. The molecule has 0 aliphatic carbocycles. The highest BCUT2D eigenvalue weighted by atomic mass is 16.5. The first-order valence-corrected chi connectivity index (χ1v) is 11.7. The van der Waals surface area contributed by atoms with E-state index in [1.807, 2.05) is 61.5 Å². The summed E-state index contributed by atoms with van der Waals surface area (Å²) >= 11 is 0. The molecule has 0 saturated heterocycles. The van der Waals surface area contributed by atoms with Crippen LogP contribution in [-0.2, 0) is 11.3 Å². The van der Waals surface area contributed by atoms with Crippen molar-refractivity contribution in [2.75, 3.05) is 13.2 Å². The second-order valence-electron chi connectivity index (χ2n) is 7.91. The van der Waals surface area contributed by atoms with Gasteiger partial charge in [-0.1, -0.05) is 42.5 Å². The Bertz CT molecular complexity index is 1290. The van der Waals surface area contributed by atoms with Crippen LogP contribution >= 0.6 is 0 Å². The van der Waals surface area contributed by atoms with Gasteiger partial charge in [-0.15, -0.1) is 0 Å². The topological polar surface area (TPSA) is 89.5 Å². The second-order valence-corrected chi connectivity index (χ2v) is 7.91. The molecule has 1 heterocycles. The number of aromatic nitrogens is 1. The van der Waals surface area contributed by atoms with Crippen molar-refractivity contribution < 1.29 is 19.1 Å². The molecule has 4 aromatic rings. The molecule has 0 unspecified atom stereocenters. The van der Waals surface area contributed by atoms with Gasteiger partial charge < -0.3 is 20.1 Å². The molecule has 0 aliphatic rings. The molecule has 0 atom stereocenters. The molecular weight excluding hydrogens is 454 g/mol. The number of ether oxygens (including phenoxy) is 2. The number of carbonyl (C=O) groups is 2. The minimum Gasteiger partial charge on any atom is -0.494 e. The lowest BCUT2D eigenvalue weighted by atomic mass is 10.0. The first-order valence-electron chi connectivity index (χ1n) is 11.7. The summed E-state index contributed by atoms with van der Waals surface area (Å²) in [5, 5.41) is 5.45. The van der Waals surface area contributed by atoms with Crippen molar-refractivity contribution in [1.29, 1.82) is 0 Å². The van der Waals surface area contributed by atoms with Crippen LogP contribution in [0.4, 0.5) is 0 Å². The van der Waals surface area contributed by atoms with E-state index in [0.29, 0.717) is 23.8 Å². The van der Waals surface area contributed by atoms with Crippen LogP contribution in [0.1, 0.15) is 22.8 Å². The fourth-order valence-corrected chi connectivity index (χ4v) is 3.48. The van der Waals surface area contributed by atoms with Crippen LogP contribution in [0.2, 0.25) is 0 Å². The zero-order chi connectivity index (χ0) is 25.2. The predicted octanol–water partition coefficient (Wildman–Crippen LogP) is 4.99. The number of amides is 2. The number of nitrogens with zero attached hydrogens (tertiary/aromatic N) is 1. The third-order valence-electron chi connectivity index (χ3n) is 5.31. The largest absolute Gasteiger partial charge is 0.494 e. The van der Waals surface area contributed by atoms with E-state index in [0.717, 1.165) is 22.4 Å². The van der Waals surface area contributed by atoms with E-state index in [1.165, 1.54) is 0 Å². The molecule has 2 amide bonds. The molecule has 36 heavy (non-hydrogen) atoms. The number of hydrogen-bond donors (Lipinski definition) is 2. The van der Waals surface area contributed by atoms with Crippen LogP contribution in [0.5, 0.6) is 17.4 Å². The summed E-state index contributed by atoms with van der Waals surface area (Å²) in [5.74, 6) is 1.21. The van der Waals surface area contributed by atoms with Gasteiger partial charge >= 0.3 is 0 Å². The van der Waals surface area contributed by atoms with Gasteiger partial charge in [0, 0.05) is 24.4 Å². The summed E-state index contributed by atoms with van der Waals surface area (Å²) in [6.07, 6.45) is 1.62. The third kappa shape index (κ3) is 6.93. The van der Waals surface area contributed by atoms with E-state index in [9.17, 15) is 9.59 Å². The molecule has 0 fully saturated rings. The number of pyridine rings is 1. The van der Waals surface area contributed by atoms with E-state index in [4.69, 9.17) is 9.47 Å². The SMILES string of the molecule is CCOc1ccc(Oc2cc(CNC(=O)CNC(=O)c3ccc(-c4ccccc4)cc3)ccn2)cc1. The molecule has 0 bridgehead atoms. The molecule has 4 rings (SSSR count). The Hall–Kier alpha value is -4.65. The van der Waals surface area contributed by atoms with E-state index >= 15 is 0 Å². The average Bonchev–Trinajstić information content (AvgIpc) is 2.92. The van der Waals surface area contributed by atoms with Crippen molar-refractivity contribution in [3.8, 4) is 28.5 Å². The van der Waals surface area contributed by atoms with Gasteiger partial charge in [-0.25, -0.2) is 4.98 Å². The molecular formula is C29H27N3O4. The lowest BCUT2D eigenvalue weighted by molar-refractivity contribution is -0.120. The van der Waals surface area contributed by atoms with Crippen LogP contribution in [0.25, 0.3) is 11.1 Å². The highest BCUT2D eigenvalue weighted by molar-refractivity contribution is 5.96. The number of benzene rings is 3. The Kier molecular flexibility index (Phi) is 8.27. The standard InChI is InChI=1S/C29H27N3O4/c1-2-35-25-12-14-26(15-13-25)36-28-18-21(16-17-30-28)19-31-27(33)20-32-29(34)24-10-8-23(9-11-24)22-6-4-3-5-7-22/h3-18H,2,19-20H2,1H3,(H,31,33)(H,32,34). The summed E-state index contributed by atoms with van der Waals surface area (Å²) in [6.45, 7) is 2.68. The smallest absolute Gasteiger partial charge is 0.251 e. The Labute approximate surface area is 210 Å². The maximum absolute atomic E-state index is 12.4. The van der Waals surface area contributed by atoms with Gasteiger partial charge in [0.25, 0.3) is 5.91 Å². The molecule has 2 N–H and O–H groups in total. The van der Waals surface area contributed by atoms with Crippen molar-refractivity contribution in [3.05, 3.63) is 108 Å². The molecule has 7 heteroatoms. The van der Waals surface area contributed by atoms with Crippen molar-refractivity contribution in [2.45, 2.75) is 13.5 Å². The number of carbonyl (C=O) groups excluding carboxylic acids is 2. The molecule has 3 aromatic carbocycles. The molecule has 0 spiro atoms. The minimum atomic E-state index is -0.306. The highest BCUT2D eigenvalue weighted by Gasteiger charge is 2.09. The van der Waals surface area contributed by atoms with Crippen molar-refractivity contribution in [3.63, 3.8) is 0 Å². The molecule has 0 aliphatic heterocycles. The van der Waals surface area contributed by atoms with E-state index in [2.05, 4.69) is 15.6 Å². The second kappa shape index (κ2) is 12.2. The summed E-state index contributed by atoms with van der Waals surface area (Å²) in [7, 11) is 0. The normalized spacial score (nSPS) is 10.4. The zero-order valence-corrected chi connectivity index (χ0v) is 19.9. The summed E-state index contributed by atoms with van der Waals surface area (Å²) < 4.78 is 11.2. The van der Waals surface area contributed by atoms with E-state index in [1.54, 1.807) is 42.6 Å². The minimum absolute atomic E-state index is 0.125. The predicted molar refractivity (Wildman–Crippen MR) is 138 cm³/mol. The monoisotopic (exact) mass is 481 g/mol. The van der Waals surface area contributed by atoms with Crippen LogP contribution in [0.15, 0.2) is 97.2 Å². The lowest BCUT2D eigenvalue weighted by Gasteiger charge is -2.10. The quantitative estimate of drug-likeness (QED) is 0.333. The van der Waals surface area contributed by atoms with E-state index in [-0.39, 0.29) is 24.9 Å². The van der Waals surface area contributed by atoms with Crippen molar-refractivity contribution in [2.24, 2.45) is 0 Å². The first-order chi connectivity index (χ1) is 17.6. The maximum atomic E-state index is 12.4. The molecule has 0 saturated carbocycles. The van der Waals surface area contributed by atoms with Crippen LogP contribution in [-0.4, -0.2) is 29.9 Å². The summed E-state index contributed by atoms with van der Waals surface area (Å²) in [6, 6.07) is 28.0. The fraction of sp³-hybridized carbons (Fsp3) is 0.138. The fourth-order valence-electron chi connectivity index (χ4n) is 3.48. The van der Waals surface area contributed by atoms with E-state index < -0.39 is 0 Å². The summed E-state index contributed by atoms with van der Waals surface area (Å²) in [5.41, 5.74) is 3.41. The summed E-state index contributed by atoms with van der Waals surface area (Å²) in [4.78, 5) is 28.9. The van der Waals surface area contributed by atoms with Gasteiger partial charge in [-0.2, -0.15) is 0 Å². The van der Waals surface area contributed by atoms with Gasteiger partial charge in [0.05, 0.1) is 13.2 Å². The Morgan fingerprint density at radius 1 is 0.806 bits per heavy atom. The Morgan fingerprint density at radius 2 is 1.50 bits per heavy atom. The Balaban J connectivity index is 1.24. The van der Waals surface area contributed by atoms with Crippen molar-refractivity contribution in [1.82, 2.24) is 15.6 Å². The van der Waals surface area contributed by atoms with Gasteiger partial charge in [0.15, 0.2) is 0 Å². The highest BCUT2D eigenvalue weighted by Crippen LogP contribution is 2.23. The molecule has 7 nitrogen and oxygen atoms in total. The average molecular weight is 482 g/mol. The first kappa shape index (κ1) is 24.5. The van der Waals surface area contributed by atoms with Gasteiger partial charge in [0.2, 0.25) is 11.8 Å².